The number of aryl methyl sites for hydroxylation is 1. The van der Waals surface area contributed by atoms with E-state index >= 15 is 0 Å². The molecule has 0 aliphatic heterocycles. The van der Waals surface area contributed by atoms with E-state index < -0.39 is 0 Å². The summed E-state index contributed by atoms with van der Waals surface area (Å²) in [5.74, 6) is 0.547. The molecule has 0 unspecified atom stereocenters. The Morgan fingerprint density at radius 3 is 2.75 bits per heavy atom. The largest absolute Gasteiger partial charge is 0.390 e. The smallest absolute Gasteiger partial charge is 0.180 e. The fraction of sp³-hybridized carbons (Fsp3) is 0.133. The molecule has 1 aromatic carbocycles. The van der Waals surface area contributed by atoms with Crippen molar-refractivity contribution in [3.63, 3.8) is 0 Å². The number of aromatic nitrogens is 6. The molecule has 0 bridgehead atoms. The average molecular weight is 363 g/mol. The number of hydrogen-bond donors (Lipinski definition) is 2. The second-order valence-corrected chi connectivity index (χ2v) is 6.10. The number of fused-ring (bicyclic) bond motifs is 1. The van der Waals surface area contributed by atoms with Crippen LogP contribution in [0.3, 0.4) is 0 Å². The number of benzene rings is 1. The van der Waals surface area contributed by atoms with Gasteiger partial charge in [-0.15, -0.1) is 5.10 Å². The van der Waals surface area contributed by atoms with Crippen molar-refractivity contribution >= 4 is 34.1 Å². The Labute approximate surface area is 146 Å². The fourth-order valence-corrected chi connectivity index (χ4v) is 3.31. The number of H-pyrrole nitrogens is 1. The summed E-state index contributed by atoms with van der Waals surface area (Å²) >= 11 is 12.7. The first-order valence-corrected chi connectivity index (χ1v) is 7.85. The molecule has 3 aromatic heterocycles. The fourth-order valence-electron chi connectivity index (χ4n) is 2.91. The van der Waals surface area contributed by atoms with E-state index in [4.69, 9.17) is 23.2 Å². The Bertz CT molecular complexity index is 1030. The van der Waals surface area contributed by atoms with Crippen molar-refractivity contribution < 1.29 is 5.11 Å². The highest BCUT2D eigenvalue weighted by atomic mass is 35.5. The monoisotopic (exact) mass is 362 g/mol. The van der Waals surface area contributed by atoms with E-state index in [0.29, 0.717) is 27.1 Å². The van der Waals surface area contributed by atoms with Crippen LogP contribution in [0.15, 0.2) is 30.7 Å². The second kappa shape index (κ2) is 5.62. The van der Waals surface area contributed by atoms with Gasteiger partial charge in [0.2, 0.25) is 0 Å². The standard InChI is InChI=1S/C15H12Cl2N6O/c1-22-6-12(20-21-22)23-11(7-24)13(8-4-18-19-5-8)9-2-3-10(16)14(17)15(9)23/h2-6,24H,7H2,1H3,(H,18,19). The van der Waals surface area contributed by atoms with Gasteiger partial charge in [0, 0.05) is 29.8 Å². The summed E-state index contributed by atoms with van der Waals surface area (Å²) in [4.78, 5) is 0. The number of nitrogens with one attached hydrogen (secondary N) is 1. The SMILES string of the molecule is Cn1cc(-n2c(CO)c(-c3cn[nH]c3)c3ccc(Cl)c(Cl)c32)nn1. The predicted octanol–water partition coefficient (Wildman–Crippen LogP) is 2.95. The Hall–Kier alpha value is -2.35. The van der Waals surface area contributed by atoms with Crippen molar-refractivity contribution in [2.45, 2.75) is 6.61 Å². The quantitative estimate of drug-likeness (QED) is 0.586. The van der Waals surface area contributed by atoms with Crippen molar-refractivity contribution in [3.05, 3.63) is 46.5 Å². The molecular weight excluding hydrogens is 351 g/mol. The first kappa shape index (κ1) is 15.2. The molecule has 0 saturated heterocycles. The molecule has 24 heavy (non-hydrogen) atoms. The van der Waals surface area contributed by atoms with Crippen molar-refractivity contribution in [1.29, 1.82) is 0 Å². The molecule has 4 aromatic rings. The molecule has 0 radical (unpaired) electrons. The summed E-state index contributed by atoms with van der Waals surface area (Å²) in [5, 5.41) is 26.6. The van der Waals surface area contributed by atoms with E-state index in [2.05, 4.69) is 20.5 Å². The molecule has 0 aliphatic rings. The highest BCUT2D eigenvalue weighted by Crippen LogP contribution is 2.41. The van der Waals surface area contributed by atoms with E-state index in [1.165, 1.54) is 0 Å². The second-order valence-electron chi connectivity index (χ2n) is 5.31. The van der Waals surface area contributed by atoms with Gasteiger partial charge in [0.15, 0.2) is 5.82 Å². The zero-order valence-electron chi connectivity index (χ0n) is 12.5. The topological polar surface area (TPSA) is 84.5 Å². The van der Waals surface area contributed by atoms with Gasteiger partial charge < -0.3 is 5.11 Å². The number of halogens is 2. The van der Waals surface area contributed by atoms with E-state index in [1.807, 2.05) is 6.07 Å². The minimum atomic E-state index is -0.209. The zero-order valence-corrected chi connectivity index (χ0v) is 14.0. The van der Waals surface area contributed by atoms with Gasteiger partial charge in [-0.2, -0.15) is 5.10 Å². The maximum Gasteiger partial charge on any atom is 0.180 e. The van der Waals surface area contributed by atoms with Crippen LogP contribution in [0.4, 0.5) is 0 Å². The van der Waals surface area contributed by atoms with Gasteiger partial charge >= 0.3 is 0 Å². The molecule has 3 heterocycles. The van der Waals surface area contributed by atoms with Crippen molar-refractivity contribution in [3.8, 4) is 16.9 Å². The van der Waals surface area contributed by atoms with Gasteiger partial charge in [0.25, 0.3) is 0 Å². The Morgan fingerprint density at radius 2 is 2.12 bits per heavy atom. The van der Waals surface area contributed by atoms with Crippen molar-refractivity contribution in [2.24, 2.45) is 7.05 Å². The van der Waals surface area contributed by atoms with Gasteiger partial charge in [-0.05, 0) is 6.07 Å². The molecule has 9 heteroatoms. The Kier molecular flexibility index (Phi) is 3.56. The van der Waals surface area contributed by atoms with Gasteiger partial charge in [-0.3, -0.25) is 14.3 Å². The third-order valence-electron chi connectivity index (χ3n) is 3.88. The maximum absolute atomic E-state index is 10.0. The highest BCUT2D eigenvalue weighted by molar-refractivity contribution is 6.45. The summed E-state index contributed by atoms with van der Waals surface area (Å²) < 4.78 is 3.36. The first-order valence-electron chi connectivity index (χ1n) is 7.09. The summed E-state index contributed by atoms with van der Waals surface area (Å²) in [6.07, 6.45) is 5.20. The lowest BCUT2D eigenvalue weighted by Crippen LogP contribution is -2.02. The van der Waals surface area contributed by atoms with Gasteiger partial charge in [0.1, 0.15) is 0 Å². The molecule has 122 valence electrons. The molecular formula is C15H12Cl2N6O. The number of rotatable bonds is 3. The van der Waals surface area contributed by atoms with Crippen LogP contribution >= 0.6 is 23.2 Å². The maximum atomic E-state index is 10.0. The van der Waals surface area contributed by atoms with Gasteiger partial charge in [-0.1, -0.05) is 34.5 Å². The minimum absolute atomic E-state index is 0.209. The molecule has 4 rings (SSSR count). The third-order valence-corrected chi connectivity index (χ3v) is 4.67. The molecule has 0 fully saturated rings. The lowest BCUT2D eigenvalue weighted by molar-refractivity contribution is 0.275. The molecule has 0 saturated carbocycles. The number of aliphatic hydroxyl groups excluding tert-OH is 1. The van der Waals surface area contributed by atoms with E-state index in [1.54, 1.807) is 41.0 Å². The molecule has 0 amide bonds. The van der Waals surface area contributed by atoms with Crippen molar-refractivity contribution in [1.82, 2.24) is 29.8 Å². The summed E-state index contributed by atoms with van der Waals surface area (Å²) in [6, 6.07) is 3.61. The van der Waals surface area contributed by atoms with Crippen LogP contribution in [0.2, 0.25) is 10.0 Å². The van der Waals surface area contributed by atoms with E-state index in [9.17, 15) is 5.11 Å². The van der Waals surface area contributed by atoms with Gasteiger partial charge in [0.05, 0.1) is 40.3 Å². The zero-order chi connectivity index (χ0) is 16.8. The number of hydrogen-bond acceptors (Lipinski definition) is 4. The summed E-state index contributed by atoms with van der Waals surface area (Å²) in [5.41, 5.74) is 2.97. The van der Waals surface area contributed by atoms with Crippen LogP contribution in [-0.2, 0) is 13.7 Å². The number of nitrogens with zero attached hydrogens (tertiary/aromatic N) is 5. The molecule has 0 spiro atoms. The molecule has 2 N–H and O–H groups in total. The Morgan fingerprint density at radius 1 is 1.29 bits per heavy atom. The molecule has 0 atom stereocenters. The number of aliphatic hydroxyl groups is 1. The third kappa shape index (κ3) is 2.13. The first-order chi connectivity index (χ1) is 11.6. The van der Waals surface area contributed by atoms with Gasteiger partial charge in [-0.25, -0.2) is 0 Å². The predicted molar refractivity (Wildman–Crippen MR) is 91.4 cm³/mol. The minimum Gasteiger partial charge on any atom is -0.390 e. The van der Waals surface area contributed by atoms with Crippen LogP contribution < -0.4 is 0 Å². The highest BCUT2D eigenvalue weighted by Gasteiger charge is 2.23. The van der Waals surface area contributed by atoms with E-state index in [0.717, 1.165) is 16.5 Å². The van der Waals surface area contributed by atoms with Crippen LogP contribution in [0, 0.1) is 0 Å². The number of aromatic amines is 1. The summed E-state index contributed by atoms with van der Waals surface area (Å²) in [7, 11) is 1.77. The Balaban J connectivity index is 2.19. The molecule has 0 aliphatic carbocycles. The van der Waals surface area contributed by atoms with E-state index in [-0.39, 0.29) is 6.61 Å². The molecule has 7 nitrogen and oxygen atoms in total. The van der Waals surface area contributed by atoms with Crippen LogP contribution in [0.25, 0.3) is 27.8 Å². The summed E-state index contributed by atoms with van der Waals surface area (Å²) in [6.45, 7) is -0.209. The van der Waals surface area contributed by atoms with Crippen LogP contribution in [0.5, 0.6) is 0 Å². The van der Waals surface area contributed by atoms with Crippen LogP contribution in [0.1, 0.15) is 5.69 Å². The normalized spacial score (nSPS) is 11.5. The van der Waals surface area contributed by atoms with Crippen LogP contribution in [-0.4, -0.2) is 34.9 Å². The lowest BCUT2D eigenvalue weighted by Gasteiger charge is -2.07. The lowest BCUT2D eigenvalue weighted by atomic mass is 10.1. The van der Waals surface area contributed by atoms with Crippen molar-refractivity contribution in [2.75, 3.05) is 0 Å². The average Bonchev–Trinajstić information content (AvgIpc) is 3.28.